The van der Waals surface area contributed by atoms with Gasteiger partial charge in [0.05, 0.1) is 5.69 Å². The van der Waals surface area contributed by atoms with Crippen LogP contribution in [0, 0.1) is 5.41 Å². The van der Waals surface area contributed by atoms with E-state index in [9.17, 15) is 4.79 Å². The molecule has 26 heavy (non-hydrogen) atoms. The quantitative estimate of drug-likeness (QED) is 0.325. The number of nitrogen functional groups attached to an aromatic ring is 1. The maximum Gasteiger partial charge on any atom is 0.166 e. The molecule has 0 aliphatic carbocycles. The fraction of sp³-hybridized carbons (Fsp3) is 0.0909. The van der Waals surface area contributed by atoms with Gasteiger partial charge < -0.3 is 10.3 Å². The Morgan fingerprint density at radius 3 is 2.50 bits per heavy atom. The Kier molecular flexibility index (Phi) is 4.01. The molecule has 0 amide bonds. The molecule has 3 N–H and O–H groups in total. The maximum atomic E-state index is 11.5. The molecule has 4 aromatic rings. The number of benzene rings is 3. The van der Waals surface area contributed by atoms with Crippen molar-refractivity contribution in [3.05, 3.63) is 83.6 Å². The van der Waals surface area contributed by atoms with Crippen LogP contribution in [0.2, 0.25) is 0 Å². The average Bonchev–Trinajstić information content (AvgIpc) is 3.03. The Hall–Kier alpha value is -3.40. The molecule has 0 aliphatic heterocycles. The standard InChI is InChI=1S/C22H19N3O/c23-22(24)19-8-7-18-12-20(14-26)25(21(18)13-19)10-9-15-5-6-16-3-1-2-4-17(16)11-15/h1-8,11-14H,9-10H2,(H3,23,24). The molecule has 0 atom stereocenters. The number of rotatable bonds is 5. The van der Waals surface area contributed by atoms with Crippen LogP contribution in [0.5, 0.6) is 0 Å². The van der Waals surface area contributed by atoms with E-state index in [0.717, 1.165) is 23.6 Å². The van der Waals surface area contributed by atoms with Gasteiger partial charge in [0.1, 0.15) is 5.84 Å². The molecule has 4 heteroatoms. The van der Waals surface area contributed by atoms with Crippen molar-refractivity contribution < 1.29 is 4.79 Å². The first kappa shape index (κ1) is 16.1. The topological polar surface area (TPSA) is 71.9 Å². The molecule has 1 aromatic heterocycles. The van der Waals surface area contributed by atoms with E-state index in [-0.39, 0.29) is 5.84 Å². The highest BCUT2D eigenvalue weighted by molar-refractivity contribution is 5.99. The van der Waals surface area contributed by atoms with Crippen LogP contribution < -0.4 is 5.73 Å². The molecule has 128 valence electrons. The number of aryl methyl sites for hydroxylation is 2. The van der Waals surface area contributed by atoms with Gasteiger partial charge in [0.15, 0.2) is 6.29 Å². The van der Waals surface area contributed by atoms with E-state index >= 15 is 0 Å². The van der Waals surface area contributed by atoms with Gasteiger partial charge in [-0.2, -0.15) is 0 Å². The fourth-order valence-corrected chi connectivity index (χ4v) is 3.43. The number of hydrogen-bond donors (Lipinski definition) is 2. The summed E-state index contributed by atoms with van der Waals surface area (Å²) in [6.45, 7) is 0.692. The normalized spacial score (nSPS) is 11.1. The van der Waals surface area contributed by atoms with Gasteiger partial charge in [-0.3, -0.25) is 10.2 Å². The third-order valence-electron chi connectivity index (χ3n) is 4.81. The second-order valence-corrected chi connectivity index (χ2v) is 6.46. The first-order valence-corrected chi connectivity index (χ1v) is 8.56. The molecule has 4 rings (SSSR count). The molecular formula is C22H19N3O. The van der Waals surface area contributed by atoms with Gasteiger partial charge in [-0.15, -0.1) is 0 Å². The zero-order valence-electron chi connectivity index (χ0n) is 14.3. The first-order valence-electron chi connectivity index (χ1n) is 8.56. The van der Waals surface area contributed by atoms with Crippen molar-refractivity contribution in [1.82, 2.24) is 4.57 Å². The minimum Gasteiger partial charge on any atom is -0.384 e. The molecule has 0 fully saturated rings. The third-order valence-corrected chi connectivity index (χ3v) is 4.81. The number of amidine groups is 1. The fourth-order valence-electron chi connectivity index (χ4n) is 3.43. The van der Waals surface area contributed by atoms with E-state index in [1.54, 1.807) is 0 Å². The van der Waals surface area contributed by atoms with Crippen LogP contribution in [-0.2, 0) is 13.0 Å². The zero-order valence-corrected chi connectivity index (χ0v) is 14.3. The molecule has 0 spiro atoms. The number of aromatic nitrogens is 1. The highest BCUT2D eigenvalue weighted by Gasteiger charge is 2.10. The van der Waals surface area contributed by atoms with Crippen LogP contribution in [0.3, 0.4) is 0 Å². The maximum absolute atomic E-state index is 11.5. The average molecular weight is 341 g/mol. The lowest BCUT2D eigenvalue weighted by Crippen LogP contribution is -2.11. The van der Waals surface area contributed by atoms with E-state index in [2.05, 4.69) is 30.3 Å². The van der Waals surface area contributed by atoms with Crippen molar-refractivity contribution in [1.29, 1.82) is 5.41 Å². The lowest BCUT2D eigenvalue weighted by Gasteiger charge is -2.10. The van der Waals surface area contributed by atoms with Crippen molar-refractivity contribution in [2.24, 2.45) is 5.73 Å². The van der Waals surface area contributed by atoms with Gasteiger partial charge in [0.25, 0.3) is 0 Å². The molecule has 0 saturated heterocycles. The lowest BCUT2D eigenvalue weighted by molar-refractivity contribution is 0.111. The molecule has 0 unspecified atom stereocenters. The number of aldehydes is 1. The summed E-state index contributed by atoms with van der Waals surface area (Å²) in [4.78, 5) is 11.5. The van der Waals surface area contributed by atoms with Crippen molar-refractivity contribution in [3.8, 4) is 0 Å². The summed E-state index contributed by atoms with van der Waals surface area (Å²) < 4.78 is 2.00. The smallest absolute Gasteiger partial charge is 0.166 e. The summed E-state index contributed by atoms with van der Waals surface area (Å²) in [6, 6.07) is 22.2. The molecule has 0 saturated carbocycles. The largest absolute Gasteiger partial charge is 0.384 e. The van der Waals surface area contributed by atoms with Gasteiger partial charge in [-0.1, -0.05) is 54.6 Å². The van der Waals surface area contributed by atoms with Crippen molar-refractivity contribution >= 4 is 33.8 Å². The summed E-state index contributed by atoms with van der Waals surface area (Å²) in [7, 11) is 0. The minimum atomic E-state index is 0.0295. The number of carbonyl (C=O) groups is 1. The van der Waals surface area contributed by atoms with Gasteiger partial charge in [-0.25, -0.2) is 0 Å². The predicted octanol–water partition coefficient (Wildman–Crippen LogP) is 4.13. The number of hydrogen-bond acceptors (Lipinski definition) is 2. The summed E-state index contributed by atoms with van der Waals surface area (Å²) in [6.07, 6.45) is 1.70. The molecule has 0 aliphatic rings. The number of carbonyl (C=O) groups excluding carboxylic acids is 1. The van der Waals surface area contributed by atoms with E-state index in [1.165, 1.54) is 16.3 Å². The second-order valence-electron chi connectivity index (χ2n) is 6.46. The molecular weight excluding hydrogens is 322 g/mol. The van der Waals surface area contributed by atoms with E-state index in [0.29, 0.717) is 17.8 Å². The molecule has 3 aromatic carbocycles. The summed E-state index contributed by atoms with van der Waals surface area (Å²) in [5.41, 5.74) is 9.08. The summed E-state index contributed by atoms with van der Waals surface area (Å²) in [5, 5.41) is 11.1. The van der Waals surface area contributed by atoms with Gasteiger partial charge >= 0.3 is 0 Å². The predicted molar refractivity (Wildman–Crippen MR) is 106 cm³/mol. The molecule has 1 heterocycles. The first-order chi connectivity index (χ1) is 12.7. The monoisotopic (exact) mass is 341 g/mol. The van der Waals surface area contributed by atoms with Gasteiger partial charge in [0, 0.05) is 23.0 Å². The van der Waals surface area contributed by atoms with Crippen LogP contribution >= 0.6 is 0 Å². The Morgan fingerprint density at radius 1 is 0.962 bits per heavy atom. The highest BCUT2D eigenvalue weighted by atomic mass is 16.1. The molecule has 0 bridgehead atoms. The summed E-state index contributed by atoms with van der Waals surface area (Å²) >= 11 is 0. The zero-order chi connectivity index (χ0) is 18.1. The minimum absolute atomic E-state index is 0.0295. The Labute approximate surface area is 151 Å². The van der Waals surface area contributed by atoms with Crippen molar-refractivity contribution in [3.63, 3.8) is 0 Å². The highest BCUT2D eigenvalue weighted by Crippen LogP contribution is 2.22. The molecule has 0 radical (unpaired) electrons. The van der Waals surface area contributed by atoms with Crippen LogP contribution in [0.1, 0.15) is 21.6 Å². The number of fused-ring (bicyclic) bond motifs is 2. The van der Waals surface area contributed by atoms with Crippen molar-refractivity contribution in [2.75, 3.05) is 0 Å². The van der Waals surface area contributed by atoms with Crippen LogP contribution in [0.4, 0.5) is 0 Å². The SMILES string of the molecule is N=C(N)c1ccc2cc(C=O)n(CCc3ccc4ccccc4c3)c2c1. The lowest BCUT2D eigenvalue weighted by atomic mass is 10.1. The van der Waals surface area contributed by atoms with E-state index < -0.39 is 0 Å². The third kappa shape index (κ3) is 2.86. The number of nitrogens with two attached hydrogens (primary N) is 1. The Morgan fingerprint density at radius 2 is 1.73 bits per heavy atom. The van der Waals surface area contributed by atoms with Crippen LogP contribution in [0.15, 0.2) is 66.7 Å². The van der Waals surface area contributed by atoms with Crippen molar-refractivity contribution in [2.45, 2.75) is 13.0 Å². The number of nitrogens with one attached hydrogen (secondary N) is 1. The second kappa shape index (κ2) is 6.48. The van der Waals surface area contributed by atoms with Crippen LogP contribution in [0.25, 0.3) is 21.7 Å². The van der Waals surface area contributed by atoms with E-state index in [4.69, 9.17) is 11.1 Å². The van der Waals surface area contributed by atoms with Gasteiger partial charge in [-0.05, 0) is 34.9 Å². The Balaban J connectivity index is 1.69. The Bertz CT molecular complexity index is 1140. The van der Waals surface area contributed by atoms with E-state index in [1.807, 2.05) is 41.0 Å². The van der Waals surface area contributed by atoms with Gasteiger partial charge in [0.2, 0.25) is 0 Å². The summed E-state index contributed by atoms with van der Waals surface area (Å²) in [5.74, 6) is 0.0295. The number of nitrogens with zero attached hydrogens (tertiary/aromatic N) is 1. The molecule has 4 nitrogen and oxygen atoms in total. The van der Waals surface area contributed by atoms with Crippen LogP contribution in [-0.4, -0.2) is 16.7 Å².